The second-order valence-corrected chi connectivity index (χ2v) is 4.33. The Kier molecular flexibility index (Phi) is 4.93. The number of unbranched alkanes of at least 4 members (excludes halogenated alkanes) is 1. The van der Waals surface area contributed by atoms with Gasteiger partial charge in [-0.3, -0.25) is 9.59 Å². The van der Waals surface area contributed by atoms with Crippen molar-refractivity contribution in [3.8, 4) is 0 Å². The number of carbonyl (C=O) groups is 2. The largest absolute Gasteiger partial charge is 0.398 e. The van der Waals surface area contributed by atoms with Crippen molar-refractivity contribution >= 4 is 11.9 Å². The summed E-state index contributed by atoms with van der Waals surface area (Å²) in [6.45, 7) is 3.90. The maximum Gasteiger partial charge on any atom is 0.376 e. The molecule has 0 aromatic carbocycles. The fraction of sp³-hybridized carbons (Fsp3) is 0.833. The number of carbonyl (C=O) groups excluding carboxylic acids is 2. The average Bonchev–Trinajstić information content (AvgIpc) is 2.39. The van der Waals surface area contributed by atoms with Gasteiger partial charge in [-0.2, -0.15) is 0 Å². The number of hydrogen-bond acceptors (Lipinski definition) is 5. The molecule has 1 rings (SSSR count). The molecular formula is C12H20O5. The first-order chi connectivity index (χ1) is 8.01. The van der Waals surface area contributed by atoms with Gasteiger partial charge in [-0.25, -0.2) is 0 Å². The fourth-order valence-corrected chi connectivity index (χ4v) is 1.91. The molecule has 0 radical (unpaired) electrons. The second kappa shape index (κ2) is 6.00. The summed E-state index contributed by atoms with van der Waals surface area (Å²) < 4.78 is 9.79. The van der Waals surface area contributed by atoms with Crippen LogP contribution in [0.15, 0.2) is 0 Å². The van der Waals surface area contributed by atoms with E-state index in [0.29, 0.717) is 12.8 Å². The molecule has 1 aliphatic heterocycles. The molecule has 1 N–H and O–H groups in total. The molecule has 0 aliphatic carbocycles. The Morgan fingerprint density at radius 2 is 1.76 bits per heavy atom. The minimum atomic E-state index is -2.07. The Labute approximate surface area is 101 Å². The van der Waals surface area contributed by atoms with E-state index in [-0.39, 0.29) is 18.8 Å². The topological polar surface area (TPSA) is 72.8 Å². The predicted molar refractivity (Wildman–Crippen MR) is 59.7 cm³/mol. The summed E-state index contributed by atoms with van der Waals surface area (Å²) >= 11 is 0. The second-order valence-electron chi connectivity index (χ2n) is 4.33. The van der Waals surface area contributed by atoms with Crippen LogP contribution in [0.1, 0.15) is 52.4 Å². The zero-order chi connectivity index (χ0) is 12.9. The molecule has 0 aromatic heterocycles. The number of aliphatic hydroxyl groups is 1. The molecule has 1 atom stereocenters. The van der Waals surface area contributed by atoms with Crippen molar-refractivity contribution in [1.82, 2.24) is 0 Å². The van der Waals surface area contributed by atoms with E-state index in [1.54, 1.807) is 0 Å². The van der Waals surface area contributed by atoms with Gasteiger partial charge in [0.05, 0.1) is 18.8 Å². The van der Waals surface area contributed by atoms with E-state index in [4.69, 9.17) is 9.47 Å². The summed E-state index contributed by atoms with van der Waals surface area (Å²) in [5.74, 6) is -3.62. The quantitative estimate of drug-likeness (QED) is 0.745. The van der Waals surface area contributed by atoms with Gasteiger partial charge in [-0.05, 0) is 12.8 Å². The van der Waals surface area contributed by atoms with Crippen LogP contribution in [0.5, 0.6) is 0 Å². The Balaban J connectivity index is 2.79. The first-order valence-electron chi connectivity index (χ1n) is 6.17. The number of ether oxygens (including phenoxy) is 2. The van der Waals surface area contributed by atoms with E-state index in [1.807, 2.05) is 13.8 Å². The van der Waals surface area contributed by atoms with E-state index in [2.05, 4.69) is 0 Å². The normalized spacial score (nSPS) is 21.4. The Morgan fingerprint density at radius 3 is 2.18 bits per heavy atom. The third-order valence-electron chi connectivity index (χ3n) is 2.97. The van der Waals surface area contributed by atoms with Gasteiger partial charge >= 0.3 is 17.9 Å². The molecule has 5 nitrogen and oxygen atoms in total. The lowest BCUT2D eigenvalue weighted by Crippen LogP contribution is -2.45. The SMILES string of the molecule is CCCCC(CC)C1(O)OC(=O)CCC(=O)O1. The Morgan fingerprint density at radius 1 is 1.24 bits per heavy atom. The molecule has 0 bridgehead atoms. The number of rotatable bonds is 5. The molecule has 1 fully saturated rings. The van der Waals surface area contributed by atoms with Crippen molar-refractivity contribution in [2.45, 2.75) is 58.3 Å². The van der Waals surface area contributed by atoms with Gasteiger partial charge in [0.1, 0.15) is 0 Å². The predicted octanol–water partition coefficient (Wildman–Crippen LogP) is 1.73. The van der Waals surface area contributed by atoms with E-state index in [1.165, 1.54) is 0 Å². The summed E-state index contributed by atoms with van der Waals surface area (Å²) in [4.78, 5) is 22.6. The zero-order valence-electron chi connectivity index (χ0n) is 10.4. The summed E-state index contributed by atoms with van der Waals surface area (Å²) in [5.41, 5.74) is 0. The maximum absolute atomic E-state index is 11.3. The van der Waals surface area contributed by atoms with Gasteiger partial charge in [0, 0.05) is 0 Å². The summed E-state index contributed by atoms with van der Waals surface area (Å²) in [6, 6.07) is 0. The molecule has 17 heavy (non-hydrogen) atoms. The van der Waals surface area contributed by atoms with Crippen molar-refractivity contribution in [3.05, 3.63) is 0 Å². The third-order valence-corrected chi connectivity index (χ3v) is 2.97. The van der Waals surface area contributed by atoms with Crippen molar-refractivity contribution in [1.29, 1.82) is 0 Å². The summed E-state index contributed by atoms with van der Waals surface area (Å²) in [7, 11) is 0. The molecule has 1 saturated heterocycles. The number of hydrogen-bond donors (Lipinski definition) is 1. The Hall–Kier alpha value is -1.10. The van der Waals surface area contributed by atoms with E-state index >= 15 is 0 Å². The average molecular weight is 244 g/mol. The van der Waals surface area contributed by atoms with Crippen molar-refractivity contribution < 1.29 is 24.2 Å². The van der Waals surface area contributed by atoms with Crippen molar-refractivity contribution in [3.63, 3.8) is 0 Å². The molecule has 1 unspecified atom stereocenters. The van der Waals surface area contributed by atoms with Gasteiger partial charge in [0.25, 0.3) is 0 Å². The highest BCUT2D eigenvalue weighted by Gasteiger charge is 2.45. The highest BCUT2D eigenvalue weighted by Crippen LogP contribution is 2.31. The zero-order valence-corrected chi connectivity index (χ0v) is 10.4. The number of cyclic esters (lactones) is 2. The molecule has 0 saturated carbocycles. The van der Waals surface area contributed by atoms with Gasteiger partial charge < -0.3 is 14.6 Å². The summed E-state index contributed by atoms with van der Waals surface area (Å²) in [5, 5.41) is 10.2. The first-order valence-corrected chi connectivity index (χ1v) is 6.17. The van der Waals surface area contributed by atoms with Crippen LogP contribution >= 0.6 is 0 Å². The van der Waals surface area contributed by atoms with Gasteiger partial charge in [-0.1, -0.05) is 26.7 Å². The number of esters is 2. The lowest BCUT2D eigenvalue weighted by atomic mass is 9.96. The maximum atomic E-state index is 11.3. The molecule has 1 heterocycles. The molecule has 0 aromatic rings. The van der Waals surface area contributed by atoms with Crippen molar-refractivity contribution in [2.75, 3.05) is 0 Å². The van der Waals surface area contributed by atoms with E-state index in [9.17, 15) is 14.7 Å². The van der Waals surface area contributed by atoms with Crippen molar-refractivity contribution in [2.24, 2.45) is 5.92 Å². The minimum Gasteiger partial charge on any atom is -0.398 e. The summed E-state index contributed by atoms with van der Waals surface area (Å²) in [6.07, 6.45) is 3.02. The monoisotopic (exact) mass is 244 g/mol. The van der Waals surface area contributed by atoms with Gasteiger partial charge in [0.2, 0.25) is 0 Å². The van der Waals surface area contributed by atoms with Crippen LogP contribution in [0.2, 0.25) is 0 Å². The molecule has 5 heteroatoms. The van der Waals surface area contributed by atoms with Crippen LogP contribution in [0, 0.1) is 5.92 Å². The minimum absolute atomic E-state index is 0.0364. The Bertz CT molecular complexity index is 269. The smallest absolute Gasteiger partial charge is 0.376 e. The fourth-order valence-electron chi connectivity index (χ4n) is 1.91. The van der Waals surface area contributed by atoms with Crippen LogP contribution < -0.4 is 0 Å². The van der Waals surface area contributed by atoms with Crippen LogP contribution in [-0.4, -0.2) is 23.0 Å². The molecular weight excluding hydrogens is 224 g/mol. The lowest BCUT2D eigenvalue weighted by Gasteiger charge is -2.32. The van der Waals surface area contributed by atoms with E-state index in [0.717, 1.165) is 12.8 Å². The van der Waals surface area contributed by atoms with Crippen LogP contribution in [0.25, 0.3) is 0 Å². The van der Waals surface area contributed by atoms with E-state index < -0.39 is 17.9 Å². The van der Waals surface area contributed by atoms with Gasteiger partial charge in [-0.15, -0.1) is 0 Å². The third kappa shape index (κ3) is 3.70. The molecule has 0 amide bonds. The molecule has 0 spiro atoms. The lowest BCUT2D eigenvalue weighted by molar-refractivity contribution is -0.347. The first kappa shape index (κ1) is 14.0. The molecule has 98 valence electrons. The van der Waals surface area contributed by atoms with Crippen LogP contribution in [0.4, 0.5) is 0 Å². The highest BCUT2D eigenvalue weighted by atomic mass is 16.8. The standard InChI is InChI=1S/C12H20O5/c1-3-5-6-9(4-2)12(15)16-10(13)7-8-11(14)17-12/h9,15H,3-8H2,1-2H3. The highest BCUT2D eigenvalue weighted by molar-refractivity contribution is 5.79. The van der Waals surface area contributed by atoms with Gasteiger partial charge in [0.15, 0.2) is 0 Å². The molecule has 1 aliphatic rings. The van der Waals surface area contributed by atoms with Crippen LogP contribution in [0.3, 0.4) is 0 Å². The van der Waals surface area contributed by atoms with Crippen LogP contribution in [-0.2, 0) is 19.1 Å².